The Hall–Kier alpha value is -3.02. The summed E-state index contributed by atoms with van der Waals surface area (Å²) in [5.74, 6) is -3.18. The van der Waals surface area contributed by atoms with E-state index in [9.17, 15) is 19.2 Å². The van der Waals surface area contributed by atoms with E-state index in [1.54, 1.807) is 0 Å². The van der Waals surface area contributed by atoms with Crippen LogP contribution in [0.15, 0.2) is 24.3 Å². The largest absolute Gasteiger partial charge is 0.386 e. The number of carbonyl (C=O) groups excluding carboxylic acids is 4. The van der Waals surface area contributed by atoms with Crippen molar-refractivity contribution < 1.29 is 28.7 Å². The van der Waals surface area contributed by atoms with Gasteiger partial charge in [0.25, 0.3) is 0 Å². The van der Waals surface area contributed by atoms with Gasteiger partial charge in [-0.2, -0.15) is 0 Å². The number of esters is 4. The molecule has 0 spiro atoms. The number of carbonyl (C=O) groups is 4. The average Bonchev–Trinajstić information content (AvgIpc) is 2.42. The molecule has 2 aliphatic rings. The summed E-state index contributed by atoms with van der Waals surface area (Å²) in [6.45, 7) is 0. The Bertz CT molecular complexity index is 738. The van der Waals surface area contributed by atoms with E-state index in [1.165, 1.54) is 24.3 Å². The molecule has 0 fully saturated rings. The van der Waals surface area contributed by atoms with Crippen molar-refractivity contribution in [2.45, 2.75) is 7.43 Å². The number of rotatable bonds is 0. The fraction of sp³-hybridized carbons (Fsp3) is 0.0667. The number of benzene rings is 2. The first-order valence-corrected chi connectivity index (χ1v) is 5.70. The first-order valence-electron chi connectivity index (χ1n) is 5.70. The Morgan fingerprint density at radius 3 is 1.00 bits per heavy atom. The second kappa shape index (κ2) is 3.99. The highest BCUT2D eigenvalue weighted by Crippen LogP contribution is 2.36. The van der Waals surface area contributed by atoms with Gasteiger partial charge in [0.05, 0.1) is 22.3 Å². The summed E-state index contributed by atoms with van der Waals surface area (Å²) in [4.78, 5) is 46.9. The second-order valence-corrected chi connectivity index (χ2v) is 4.43. The minimum atomic E-state index is -0.794. The van der Waals surface area contributed by atoms with Crippen molar-refractivity contribution in [1.29, 1.82) is 0 Å². The lowest BCUT2D eigenvalue weighted by Gasteiger charge is -2.21. The Balaban J connectivity index is 0.00000132. The standard InChI is InChI=1S/C14H4O6.CH4/c15-11-5-1-2-6-10-8(14(18)20-12(6)16)4-3-7(9(5)10)13(17)19-11;/h1-4H;1H4. The third kappa shape index (κ3) is 1.47. The fourth-order valence-electron chi connectivity index (χ4n) is 2.56. The second-order valence-electron chi connectivity index (χ2n) is 4.43. The van der Waals surface area contributed by atoms with Crippen molar-refractivity contribution in [3.8, 4) is 0 Å². The molecular weight excluding hydrogens is 276 g/mol. The maximum Gasteiger partial charge on any atom is 0.346 e. The third-order valence-corrected chi connectivity index (χ3v) is 3.41. The molecule has 2 aliphatic heterocycles. The van der Waals surface area contributed by atoms with Gasteiger partial charge in [-0.25, -0.2) is 19.2 Å². The Kier molecular flexibility index (Phi) is 2.47. The van der Waals surface area contributed by atoms with Crippen LogP contribution in [0.5, 0.6) is 0 Å². The summed E-state index contributed by atoms with van der Waals surface area (Å²) in [5.41, 5.74) is 0.621. The van der Waals surface area contributed by atoms with Crippen LogP contribution in [0.3, 0.4) is 0 Å². The Morgan fingerprint density at radius 2 is 0.762 bits per heavy atom. The number of hydrogen-bond donors (Lipinski definition) is 0. The van der Waals surface area contributed by atoms with Gasteiger partial charge in [-0.1, -0.05) is 7.43 Å². The molecule has 4 rings (SSSR count). The fourth-order valence-corrected chi connectivity index (χ4v) is 2.56. The van der Waals surface area contributed by atoms with Crippen molar-refractivity contribution in [2.24, 2.45) is 0 Å². The average molecular weight is 284 g/mol. The molecule has 21 heavy (non-hydrogen) atoms. The zero-order chi connectivity index (χ0) is 14.0. The molecule has 104 valence electrons. The van der Waals surface area contributed by atoms with Gasteiger partial charge in [-0.3, -0.25) is 0 Å². The Labute approximate surface area is 118 Å². The van der Waals surface area contributed by atoms with Crippen LogP contribution in [0.1, 0.15) is 48.9 Å². The zero-order valence-corrected chi connectivity index (χ0v) is 9.76. The maximum atomic E-state index is 11.7. The van der Waals surface area contributed by atoms with E-state index in [4.69, 9.17) is 0 Å². The quantitative estimate of drug-likeness (QED) is 0.544. The molecule has 6 nitrogen and oxygen atoms in total. The highest BCUT2D eigenvalue weighted by Gasteiger charge is 2.34. The van der Waals surface area contributed by atoms with Crippen molar-refractivity contribution in [3.63, 3.8) is 0 Å². The molecule has 0 atom stereocenters. The zero-order valence-electron chi connectivity index (χ0n) is 9.76. The lowest BCUT2D eigenvalue weighted by molar-refractivity contribution is 0.0366. The summed E-state index contributed by atoms with van der Waals surface area (Å²) in [6, 6.07) is 5.54. The van der Waals surface area contributed by atoms with Gasteiger partial charge < -0.3 is 9.47 Å². The molecule has 0 saturated carbocycles. The smallest absolute Gasteiger partial charge is 0.346 e. The molecule has 0 N–H and O–H groups in total. The van der Waals surface area contributed by atoms with Gasteiger partial charge in [0, 0.05) is 10.8 Å². The minimum absolute atomic E-state index is 0. The predicted octanol–water partition coefficient (Wildman–Crippen LogP) is 2.10. The van der Waals surface area contributed by atoms with Crippen LogP contribution in [-0.4, -0.2) is 23.9 Å². The van der Waals surface area contributed by atoms with E-state index >= 15 is 0 Å². The van der Waals surface area contributed by atoms with E-state index in [1.807, 2.05) is 0 Å². The maximum absolute atomic E-state index is 11.7. The SMILES string of the molecule is C.O=C1OC(=O)c2ccc3c4c(ccc1c24)C(=O)OC3=O. The Morgan fingerprint density at radius 1 is 0.524 bits per heavy atom. The van der Waals surface area contributed by atoms with Crippen LogP contribution in [0.4, 0.5) is 0 Å². The highest BCUT2D eigenvalue weighted by molar-refractivity contribution is 6.29. The molecule has 2 heterocycles. The van der Waals surface area contributed by atoms with Gasteiger partial charge in [0.1, 0.15) is 0 Å². The normalized spacial score (nSPS) is 15.4. The molecule has 6 heteroatoms. The van der Waals surface area contributed by atoms with E-state index in [0.717, 1.165) is 0 Å². The van der Waals surface area contributed by atoms with E-state index in [2.05, 4.69) is 9.47 Å². The summed E-state index contributed by atoms with van der Waals surface area (Å²) < 4.78 is 9.22. The van der Waals surface area contributed by atoms with E-state index < -0.39 is 23.9 Å². The summed E-state index contributed by atoms with van der Waals surface area (Å²) in [6.07, 6.45) is 0. The first kappa shape index (κ1) is 13.0. The lowest BCUT2D eigenvalue weighted by atomic mass is 9.89. The minimum Gasteiger partial charge on any atom is -0.386 e. The summed E-state index contributed by atoms with van der Waals surface area (Å²) in [7, 11) is 0. The van der Waals surface area contributed by atoms with Gasteiger partial charge >= 0.3 is 23.9 Å². The summed E-state index contributed by atoms with van der Waals surface area (Å²) in [5, 5.41) is 0.539. The van der Waals surface area contributed by atoms with Crippen LogP contribution in [0, 0.1) is 0 Å². The molecule has 0 bridgehead atoms. The van der Waals surface area contributed by atoms with Crippen molar-refractivity contribution in [1.82, 2.24) is 0 Å². The highest BCUT2D eigenvalue weighted by atomic mass is 16.6. The van der Waals surface area contributed by atoms with Crippen molar-refractivity contribution >= 4 is 34.6 Å². The molecule has 2 aromatic rings. The molecule has 0 aromatic heterocycles. The van der Waals surface area contributed by atoms with Crippen molar-refractivity contribution in [3.05, 3.63) is 46.5 Å². The third-order valence-electron chi connectivity index (χ3n) is 3.41. The number of ether oxygens (including phenoxy) is 2. The molecule has 0 aliphatic carbocycles. The van der Waals surface area contributed by atoms with Gasteiger partial charge in [-0.05, 0) is 24.3 Å². The monoisotopic (exact) mass is 284 g/mol. The van der Waals surface area contributed by atoms with Crippen LogP contribution in [0.2, 0.25) is 0 Å². The van der Waals surface area contributed by atoms with Crippen LogP contribution >= 0.6 is 0 Å². The van der Waals surface area contributed by atoms with Crippen LogP contribution in [-0.2, 0) is 9.47 Å². The molecule has 0 saturated heterocycles. The molecule has 0 amide bonds. The first-order chi connectivity index (χ1) is 9.58. The summed E-state index contributed by atoms with van der Waals surface area (Å²) >= 11 is 0. The van der Waals surface area contributed by atoms with Gasteiger partial charge in [0.15, 0.2) is 0 Å². The molecule has 2 aromatic carbocycles. The van der Waals surface area contributed by atoms with Gasteiger partial charge in [0.2, 0.25) is 0 Å². The van der Waals surface area contributed by atoms with E-state index in [0.29, 0.717) is 0 Å². The molecule has 0 radical (unpaired) electrons. The molecular formula is C15H8O6. The van der Waals surface area contributed by atoms with Gasteiger partial charge in [-0.15, -0.1) is 0 Å². The number of hydrogen-bond acceptors (Lipinski definition) is 6. The topological polar surface area (TPSA) is 86.7 Å². The van der Waals surface area contributed by atoms with Crippen molar-refractivity contribution in [2.75, 3.05) is 0 Å². The van der Waals surface area contributed by atoms with E-state index in [-0.39, 0.29) is 40.5 Å². The number of cyclic esters (lactones) is 4. The van der Waals surface area contributed by atoms with Crippen LogP contribution in [0.25, 0.3) is 10.8 Å². The molecule has 0 unspecified atom stereocenters. The lowest BCUT2D eigenvalue weighted by Crippen LogP contribution is -2.25. The van der Waals surface area contributed by atoms with Crippen LogP contribution < -0.4 is 0 Å². The predicted molar refractivity (Wildman–Crippen MR) is 70.2 cm³/mol.